The van der Waals surface area contributed by atoms with Crippen molar-refractivity contribution in [3.63, 3.8) is 0 Å². The van der Waals surface area contributed by atoms with E-state index in [0.29, 0.717) is 17.4 Å². The van der Waals surface area contributed by atoms with Crippen molar-refractivity contribution in [1.29, 1.82) is 0 Å². The van der Waals surface area contributed by atoms with E-state index in [1.165, 1.54) is 26.7 Å². The SMILES string of the molecule is CC(=O)Nc1ccc(-c2csc(N[C@@H](C)CCCC(C)C)n2)c(NC(C)=O)c1. The van der Waals surface area contributed by atoms with Crippen molar-refractivity contribution in [1.82, 2.24) is 4.98 Å². The van der Waals surface area contributed by atoms with Gasteiger partial charge in [-0.15, -0.1) is 11.3 Å². The fraction of sp³-hybridized carbons (Fsp3) is 0.476. The van der Waals surface area contributed by atoms with Crippen molar-refractivity contribution >= 4 is 39.7 Å². The van der Waals surface area contributed by atoms with Gasteiger partial charge >= 0.3 is 0 Å². The molecule has 1 aromatic carbocycles. The normalized spacial score (nSPS) is 11.9. The second kappa shape index (κ2) is 10.2. The van der Waals surface area contributed by atoms with Gasteiger partial charge in [-0.05, 0) is 37.5 Å². The molecular weight excluding hydrogens is 372 g/mol. The van der Waals surface area contributed by atoms with Crippen molar-refractivity contribution in [2.45, 2.75) is 59.9 Å². The summed E-state index contributed by atoms with van der Waals surface area (Å²) in [5.41, 5.74) is 2.87. The molecule has 1 atom stereocenters. The second-order valence-corrected chi connectivity index (χ2v) is 8.39. The molecule has 1 heterocycles. The zero-order valence-electron chi connectivity index (χ0n) is 17.3. The molecule has 0 unspecified atom stereocenters. The van der Waals surface area contributed by atoms with E-state index in [0.717, 1.165) is 28.7 Å². The van der Waals surface area contributed by atoms with Crippen molar-refractivity contribution < 1.29 is 9.59 Å². The molecule has 0 aliphatic carbocycles. The minimum Gasteiger partial charge on any atom is -0.359 e. The van der Waals surface area contributed by atoms with Crippen molar-refractivity contribution in [2.24, 2.45) is 5.92 Å². The van der Waals surface area contributed by atoms with Crippen LogP contribution in [0, 0.1) is 5.92 Å². The third-order valence-corrected chi connectivity index (χ3v) is 4.99. The molecule has 0 saturated heterocycles. The first-order valence-electron chi connectivity index (χ1n) is 9.66. The predicted octanol–water partition coefficient (Wildman–Crippen LogP) is 5.35. The van der Waals surface area contributed by atoms with Gasteiger partial charge in [-0.2, -0.15) is 0 Å². The van der Waals surface area contributed by atoms with Crippen LogP contribution < -0.4 is 16.0 Å². The quantitative estimate of drug-likeness (QED) is 0.528. The Morgan fingerprint density at radius 2 is 1.79 bits per heavy atom. The number of nitrogens with one attached hydrogen (secondary N) is 3. The first-order valence-corrected chi connectivity index (χ1v) is 10.5. The molecule has 0 spiro atoms. The topological polar surface area (TPSA) is 83.1 Å². The summed E-state index contributed by atoms with van der Waals surface area (Å²) in [5.74, 6) is 0.396. The van der Waals surface area contributed by atoms with Gasteiger partial charge in [0.1, 0.15) is 0 Å². The summed E-state index contributed by atoms with van der Waals surface area (Å²) < 4.78 is 0. The summed E-state index contributed by atoms with van der Waals surface area (Å²) in [6.07, 6.45) is 3.53. The zero-order valence-corrected chi connectivity index (χ0v) is 18.1. The smallest absolute Gasteiger partial charge is 0.221 e. The lowest BCUT2D eigenvalue weighted by atomic mass is 10.0. The van der Waals surface area contributed by atoms with Gasteiger partial charge in [0.15, 0.2) is 5.13 Å². The molecule has 2 rings (SSSR count). The van der Waals surface area contributed by atoms with Crippen LogP contribution in [0.4, 0.5) is 16.5 Å². The van der Waals surface area contributed by atoms with E-state index >= 15 is 0 Å². The highest BCUT2D eigenvalue weighted by Gasteiger charge is 2.13. The van der Waals surface area contributed by atoms with E-state index in [9.17, 15) is 9.59 Å². The highest BCUT2D eigenvalue weighted by molar-refractivity contribution is 7.14. The number of hydrogen-bond acceptors (Lipinski definition) is 5. The predicted molar refractivity (Wildman–Crippen MR) is 118 cm³/mol. The summed E-state index contributed by atoms with van der Waals surface area (Å²) in [5, 5.41) is 11.9. The first-order chi connectivity index (χ1) is 13.2. The fourth-order valence-electron chi connectivity index (χ4n) is 2.92. The average molecular weight is 403 g/mol. The molecule has 3 N–H and O–H groups in total. The zero-order chi connectivity index (χ0) is 20.7. The van der Waals surface area contributed by atoms with Gasteiger partial charge in [0.2, 0.25) is 11.8 Å². The van der Waals surface area contributed by atoms with Gasteiger partial charge in [-0.3, -0.25) is 9.59 Å². The Morgan fingerprint density at radius 3 is 2.43 bits per heavy atom. The number of carbonyl (C=O) groups is 2. The molecule has 0 fully saturated rings. The molecule has 2 aromatic rings. The molecule has 28 heavy (non-hydrogen) atoms. The summed E-state index contributed by atoms with van der Waals surface area (Å²) in [7, 11) is 0. The van der Waals surface area contributed by atoms with Gasteiger partial charge in [0.05, 0.1) is 11.4 Å². The largest absolute Gasteiger partial charge is 0.359 e. The lowest BCUT2D eigenvalue weighted by Crippen LogP contribution is -2.15. The van der Waals surface area contributed by atoms with Crippen LogP contribution in [0.5, 0.6) is 0 Å². The standard InChI is InChI=1S/C21H30N4O2S/c1-13(2)7-6-8-14(3)22-21-25-20(12-28-21)18-10-9-17(23-15(4)26)11-19(18)24-16(5)27/h9-14H,6-8H2,1-5H3,(H,22,25)(H,23,26)(H,24,27)/t14-/m0/s1. The van der Waals surface area contributed by atoms with E-state index in [-0.39, 0.29) is 11.8 Å². The number of nitrogens with zero attached hydrogens (tertiary/aromatic N) is 1. The van der Waals surface area contributed by atoms with Gasteiger partial charge in [-0.1, -0.05) is 26.7 Å². The number of aromatic nitrogens is 1. The maximum absolute atomic E-state index is 11.6. The molecule has 0 radical (unpaired) electrons. The third kappa shape index (κ3) is 6.96. The van der Waals surface area contributed by atoms with Crippen LogP contribution in [0.15, 0.2) is 23.6 Å². The maximum atomic E-state index is 11.6. The Hall–Kier alpha value is -2.41. The lowest BCUT2D eigenvalue weighted by molar-refractivity contribution is -0.115. The average Bonchev–Trinajstić information content (AvgIpc) is 3.01. The minimum absolute atomic E-state index is 0.159. The molecule has 7 heteroatoms. The number of hydrogen-bond donors (Lipinski definition) is 3. The van der Waals surface area contributed by atoms with Gasteiger partial charge < -0.3 is 16.0 Å². The second-order valence-electron chi connectivity index (χ2n) is 7.53. The molecule has 0 saturated carbocycles. The monoisotopic (exact) mass is 402 g/mol. The third-order valence-electron chi connectivity index (χ3n) is 4.22. The highest BCUT2D eigenvalue weighted by atomic mass is 32.1. The van der Waals surface area contributed by atoms with Crippen LogP contribution in [0.3, 0.4) is 0 Å². The molecular formula is C21H30N4O2S. The van der Waals surface area contributed by atoms with Crippen LogP contribution in [0.1, 0.15) is 53.9 Å². The van der Waals surface area contributed by atoms with Gasteiger partial charge in [0.25, 0.3) is 0 Å². The summed E-state index contributed by atoms with van der Waals surface area (Å²) in [4.78, 5) is 27.6. The Balaban J connectivity index is 2.14. The molecule has 0 aliphatic heterocycles. The van der Waals surface area contributed by atoms with E-state index < -0.39 is 0 Å². The van der Waals surface area contributed by atoms with Crippen molar-refractivity contribution in [2.75, 3.05) is 16.0 Å². The number of rotatable bonds is 9. The lowest BCUT2D eigenvalue weighted by Gasteiger charge is -2.13. The van der Waals surface area contributed by atoms with E-state index in [1.807, 2.05) is 17.5 Å². The van der Waals surface area contributed by atoms with Crippen LogP contribution in [0.2, 0.25) is 0 Å². The minimum atomic E-state index is -0.173. The summed E-state index contributed by atoms with van der Waals surface area (Å²) >= 11 is 1.55. The van der Waals surface area contributed by atoms with Gasteiger partial charge in [-0.25, -0.2) is 4.98 Å². The maximum Gasteiger partial charge on any atom is 0.221 e. The number of carbonyl (C=O) groups excluding carboxylic acids is 2. The molecule has 0 aliphatic rings. The summed E-state index contributed by atoms with van der Waals surface area (Å²) in [6.45, 7) is 9.57. The van der Waals surface area contributed by atoms with Crippen LogP contribution in [-0.2, 0) is 9.59 Å². The molecule has 0 bridgehead atoms. The Labute approximate surface area is 171 Å². The van der Waals surface area contributed by atoms with Crippen LogP contribution >= 0.6 is 11.3 Å². The van der Waals surface area contributed by atoms with Crippen LogP contribution in [0.25, 0.3) is 11.3 Å². The van der Waals surface area contributed by atoms with E-state index in [1.54, 1.807) is 17.4 Å². The van der Waals surface area contributed by atoms with E-state index in [2.05, 4.69) is 36.7 Å². The fourth-order valence-corrected chi connectivity index (χ4v) is 3.74. The molecule has 6 nitrogen and oxygen atoms in total. The number of amides is 2. The Bertz CT molecular complexity index is 816. The number of thiazole rings is 1. The van der Waals surface area contributed by atoms with Crippen molar-refractivity contribution in [3.8, 4) is 11.3 Å². The Morgan fingerprint density at radius 1 is 1.07 bits per heavy atom. The van der Waals surface area contributed by atoms with Crippen LogP contribution in [-0.4, -0.2) is 22.8 Å². The highest BCUT2D eigenvalue weighted by Crippen LogP contribution is 2.33. The first kappa shape index (κ1) is 21.9. The number of benzene rings is 1. The summed E-state index contributed by atoms with van der Waals surface area (Å²) in [6, 6.07) is 5.78. The van der Waals surface area contributed by atoms with Gasteiger partial charge in [0, 0.05) is 36.5 Å². The molecule has 1 aromatic heterocycles. The molecule has 2 amide bonds. The Kier molecular flexibility index (Phi) is 7.99. The number of anilines is 3. The van der Waals surface area contributed by atoms with E-state index in [4.69, 9.17) is 4.98 Å². The van der Waals surface area contributed by atoms with Crippen molar-refractivity contribution in [3.05, 3.63) is 23.6 Å². The molecule has 152 valence electrons.